The Kier molecular flexibility index (Phi) is 3.32. The Morgan fingerprint density at radius 2 is 1.95 bits per heavy atom. The number of hydrogen-bond donors (Lipinski definition) is 1. The minimum Gasteiger partial charge on any atom is -0.365 e. The second kappa shape index (κ2) is 5.16. The van der Waals surface area contributed by atoms with Gasteiger partial charge in [0.1, 0.15) is 12.1 Å². The van der Waals surface area contributed by atoms with Crippen LogP contribution in [0.4, 0.5) is 5.82 Å². The number of rotatable bonds is 4. The van der Waals surface area contributed by atoms with Crippen molar-refractivity contribution in [3.05, 3.63) is 30.5 Å². The van der Waals surface area contributed by atoms with Crippen LogP contribution in [0.1, 0.15) is 25.5 Å². The molecule has 0 saturated heterocycles. The van der Waals surface area contributed by atoms with Crippen LogP contribution in [0.3, 0.4) is 0 Å². The third kappa shape index (κ3) is 2.46. The standard InChI is InChI=1S/C14H19N7/c1-9-5-18-21(7-9)11(3)10(2)19-13-12-6-17-20(4)14(12)16-8-15-13/h5-8,10-11H,1-4H3,(H,15,16,19)/t10-,11-/m1/s1. The first-order chi connectivity index (χ1) is 10.1. The molecule has 1 N–H and O–H groups in total. The lowest BCUT2D eigenvalue weighted by molar-refractivity contribution is 0.443. The molecule has 3 rings (SSSR count). The molecular formula is C14H19N7. The Bertz CT molecular complexity index is 758. The fourth-order valence-corrected chi connectivity index (χ4v) is 2.30. The molecule has 0 aliphatic carbocycles. The van der Waals surface area contributed by atoms with Crippen molar-refractivity contribution in [2.45, 2.75) is 32.9 Å². The van der Waals surface area contributed by atoms with Crippen LogP contribution in [0.5, 0.6) is 0 Å². The van der Waals surface area contributed by atoms with Gasteiger partial charge in [0.05, 0.1) is 23.8 Å². The molecule has 3 aromatic rings. The summed E-state index contributed by atoms with van der Waals surface area (Å²) >= 11 is 0. The Morgan fingerprint density at radius 1 is 1.14 bits per heavy atom. The molecule has 0 fully saturated rings. The largest absolute Gasteiger partial charge is 0.365 e. The Morgan fingerprint density at radius 3 is 2.67 bits per heavy atom. The third-order valence-electron chi connectivity index (χ3n) is 3.77. The zero-order valence-corrected chi connectivity index (χ0v) is 12.6. The summed E-state index contributed by atoms with van der Waals surface area (Å²) in [4.78, 5) is 8.58. The molecule has 0 aliphatic heterocycles. The maximum absolute atomic E-state index is 4.37. The first-order valence-corrected chi connectivity index (χ1v) is 6.96. The lowest BCUT2D eigenvalue weighted by Crippen LogP contribution is -2.27. The van der Waals surface area contributed by atoms with E-state index in [1.807, 2.05) is 31.0 Å². The molecule has 0 amide bonds. The maximum Gasteiger partial charge on any atom is 0.163 e. The second-order valence-corrected chi connectivity index (χ2v) is 5.40. The maximum atomic E-state index is 4.37. The van der Waals surface area contributed by atoms with Crippen molar-refractivity contribution in [2.75, 3.05) is 5.32 Å². The Hall–Kier alpha value is -2.44. The van der Waals surface area contributed by atoms with Gasteiger partial charge in [0.2, 0.25) is 0 Å². The van der Waals surface area contributed by atoms with Crippen molar-refractivity contribution in [1.29, 1.82) is 0 Å². The van der Waals surface area contributed by atoms with Crippen LogP contribution in [-0.4, -0.2) is 35.6 Å². The quantitative estimate of drug-likeness (QED) is 0.793. The number of aryl methyl sites for hydroxylation is 2. The van der Waals surface area contributed by atoms with Gasteiger partial charge in [-0.15, -0.1) is 0 Å². The molecule has 0 saturated carbocycles. The SMILES string of the molecule is Cc1cnn([C@H](C)[C@@H](C)Nc2ncnc3c2cnn3C)c1. The van der Waals surface area contributed by atoms with Crippen LogP contribution in [-0.2, 0) is 7.05 Å². The summed E-state index contributed by atoms with van der Waals surface area (Å²) in [5, 5.41) is 13.0. The summed E-state index contributed by atoms with van der Waals surface area (Å²) < 4.78 is 3.71. The van der Waals surface area contributed by atoms with E-state index in [-0.39, 0.29) is 12.1 Å². The van der Waals surface area contributed by atoms with Gasteiger partial charge >= 0.3 is 0 Å². The van der Waals surface area contributed by atoms with Gasteiger partial charge in [0.25, 0.3) is 0 Å². The van der Waals surface area contributed by atoms with Crippen LogP contribution in [0.2, 0.25) is 0 Å². The van der Waals surface area contributed by atoms with E-state index < -0.39 is 0 Å². The molecule has 21 heavy (non-hydrogen) atoms. The zero-order chi connectivity index (χ0) is 15.0. The minimum absolute atomic E-state index is 0.169. The van der Waals surface area contributed by atoms with Crippen molar-refractivity contribution < 1.29 is 0 Å². The fraction of sp³-hybridized carbons (Fsp3) is 0.429. The first kappa shape index (κ1) is 13.5. The van der Waals surface area contributed by atoms with E-state index in [1.165, 1.54) is 0 Å². The highest BCUT2D eigenvalue weighted by molar-refractivity contribution is 5.86. The highest BCUT2D eigenvalue weighted by atomic mass is 15.3. The average molecular weight is 285 g/mol. The summed E-state index contributed by atoms with van der Waals surface area (Å²) in [5.74, 6) is 0.802. The molecular weight excluding hydrogens is 266 g/mol. The predicted molar refractivity (Wildman–Crippen MR) is 81.1 cm³/mol. The number of hydrogen-bond acceptors (Lipinski definition) is 5. The molecule has 0 radical (unpaired) electrons. The molecule has 0 unspecified atom stereocenters. The van der Waals surface area contributed by atoms with Gasteiger partial charge in [-0.05, 0) is 26.3 Å². The van der Waals surface area contributed by atoms with E-state index in [9.17, 15) is 0 Å². The summed E-state index contributed by atoms with van der Waals surface area (Å²) in [6, 6.07) is 0.378. The molecule has 3 aromatic heterocycles. The van der Waals surface area contributed by atoms with E-state index in [0.717, 1.165) is 22.4 Å². The van der Waals surface area contributed by atoms with Crippen LogP contribution >= 0.6 is 0 Å². The van der Waals surface area contributed by atoms with Crippen molar-refractivity contribution in [2.24, 2.45) is 7.05 Å². The Balaban J connectivity index is 1.84. The Labute approximate surface area is 123 Å². The van der Waals surface area contributed by atoms with Crippen molar-refractivity contribution >= 4 is 16.9 Å². The summed E-state index contributed by atoms with van der Waals surface area (Å²) in [7, 11) is 1.87. The van der Waals surface area contributed by atoms with Crippen molar-refractivity contribution in [3.63, 3.8) is 0 Å². The molecule has 0 aromatic carbocycles. The predicted octanol–water partition coefficient (Wildman–Crippen LogP) is 1.93. The molecule has 110 valence electrons. The average Bonchev–Trinajstić information content (AvgIpc) is 3.06. The van der Waals surface area contributed by atoms with Gasteiger partial charge in [-0.25, -0.2) is 9.97 Å². The first-order valence-electron chi connectivity index (χ1n) is 6.96. The van der Waals surface area contributed by atoms with E-state index >= 15 is 0 Å². The number of nitrogens with zero attached hydrogens (tertiary/aromatic N) is 6. The topological polar surface area (TPSA) is 73.5 Å². The highest BCUT2D eigenvalue weighted by Gasteiger charge is 2.17. The lowest BCUT2D eigenvalue weighted by atomic mass is 10.1. The summed E-state index contributed by atoms with van der Waals surface area (Å²) in [6.45, 7) is 6.29. The van der Waals surface area contributed by atoms with E-state index in [0.29, 0.717) is 0 Å². The van der Waals surface area contributed by atoms with E-state index in [2.05, 4.69) is 39.3 Å². The van der Waals surface area contributed by atoms with Crippen LogP contribution in [0.25, 0.3) is 11.0 Å². The summed E-state index contributed by atoms with van der Waals surface area (Å²) in [5.41, 5.74) is 1.98. The van der Waals surface area contributed by atoms with Gasteiger partial charge in [0, 0.05) is 19.3 Å². The molecule has 7 nitrogen and oxygen atoms in total. The molecule has 0 aliphatic rings. The molecule has 3 heterocycles. The van der Waals surface area contributed by atoms with Crippen LogP contribution in [0.15, 0.2) is 24.9 Å². The smallest absolute Gasteiger partial charge is 0.163 e. The van der Waals surface area contributed by atoms with Gasteiger partial charge in [0.15, 0.2) is 5.65 Å². The molecule has 7 heteroatoms. The zero-order valence-electron chi connectivity index (χ0n) is 12.6. The fourth-order valence-electron chi connectivity index (χ4n) is 2.30. The highest BCUT2D eigenvalue weighted by Crippen LogP contribution is 2.21. The second-order valence-electron chi connectivity index (χ2n) is 5.40. The number of fused-ring (bicyclic) bond motifs is 1. The summed E-state index contributed by atoms with van der Waals surface area (Å²) in [6.07, 6.45) is 7.25. The minimum atomic E-state index is 0.169. The van der Waals surface area contributed by atoms with Gasteiger partial charge in [-0.1, -0.05) is 0 Å². The lowest BCUT2D eigenvalue weighted by Gasteiger charge is -2.22. The van der Waals surface area contributed by atoms with Crippen molar-refractivity contribution in [1.82, 2.24) is 29.5 Å². The van der Waals surface area contributed by atoms with E-state index in [1.54, 1.807) is 17.2 Å². The number of nitrogens with one attached hydrogen (secondary N) is 1. The number of anilines is 1. The van der Waals surface area contributed by atoms with Gasteiger partial charge in [-0.3, -0.25) is 9.36 Å². The van der Waals surface area contributed by atoms with Gasteiger partial charge in [-0.2, -0.15) is 10.2 Å². The van der Waals surface area contributed by atoms with E-state index in [4.69, 9.17) is 0 Å². The molecule has 2 atom stereocenters. The van der Waals surface area contributed by atoms with Crippen molar-refractivity contribution in [3.8, 4) is 0 Å². The van der Waals surface area contributed by atoms with Crippen LogP contribution < -0.4 is 5.32 Å². The third-order valence-corrected chi connectivity index (χ3v) is 3.77. The number of aromatic nitrogens is 6. The van der Waals surface area contributed by atoms with Crippen LogP contribution in [0, 0.1) is 6.92 Å². The normalized spacial score (nSPS) is 14.3. The monoisotopic (exact) mass is 285 g/mol. The molecule has 0 bridgehead atoms. The molecule has 0 spiro atoms. The van der Waals surface area contributed by atoms with Gasteiger partial charge < -0.3 is 5.32 Å².